The molecule has 2 aromatic rings. The van der Waals surface area contributed by atoms with Gasteiger partial charge in [-0.2, -0.15) is 0 Å². The first-order valence-corrected chi connectivity index (χ1v) is 8.81. The molecule has 0 saturated carbocycles. The smallest absolute Gasteiger partial charge is 0.229 e. The molecule has 2 amide bonds. The van der Waals surface area contributed by atoms with Crippen LogP contribution < -0.4 is 10.2 Å². The SMILES string of the molecule is Cc1ccc(Cl)cc1N1CC(C(=O)Nc2ccc(Cl)cc2Cl)CC1=O. The lowest BCUT2D eigenvalue weighted by atomic mass is 10.1. The van der Waals surface area contributed by atoms with Crippen LogP contribution in [0.2, 0.25) is 15.1 Å². The monoisotopic (exact) mass is 396 g/mol. The van der Waals surface area contributed by atoms with Gasteiger partial charge in [0, 0.05) is 28.7 Å². The van der Waals surface area contributed by atoms with Crippen LogP contribution in [0.1, 0.15) is 12.0 Å². The number of halogens is 3. The lowest BCUT2D eigenvalue weighted by molar-refractivity contribution is -0.122. The third kappa shape index (κ3) is 3.92. The predicted molar refractivity (Wildman–Crippen MR) is 102 cm³/mol. The van der Waals surface area contributed by atoms with E-state index < -0.39 is 5.92 Å². The van der Waals surface area contributed by atoms with Gasteiger partial charge in [-0.3, -0.25) is 9.59 Å². The van der Waals surface area contributed by atoms with E-state index in [1.165, 1.54) is 0 Å². The van der Waals surface area contributed by atoms with E-state index in [1.54, 1.807) is 35.2 Å². The van der Waals surface area contributed by atoms with E-state index in [0.29, 0.717) is 27.3 Å². The summed E-state index contributed by atoms with van der Waals surface area (Å²) in [5.74, 6) is -0.815. The summed E-state index contributed by atoms with van der Waals surface area (Å²) >= 11 is 18.0. The van der Waals surface area contributed by atoms with Crippen LogP contribution in [0, 0.1) is 12.8 Å². The molecule has 1 N–H and O–H groups in total. The number of carbonyl (C=O) groups excluding carboxylic acids is 2. The van der Waals surface area contributed by atoms with Crippen LogP contribution in [0.5, 0.6) is 0 Å². The molecule has 1 saturated heterocycles. The van der Waals surface area contributed by atoms with Gasteiger partial charge in [0.25, 0.3) is 0 Å². The number of nitrogens with zero attached hydrogens (tertiary/aromatic N) is 1. The van der Waals surface area contributed by atoms with Gasteiger partial charge in [-0.05, 0) is 42.8 Å². The molecule has 0 aliphatic carbocycles. The van der Waals surface area contributed by atoms with Gasteiger partial charge >= 0.3 is 0 Å². The second-order valence-electron chi connectivity index (χ2n) is 5.95. The topological polar surface area (TPSA) is 49.4 Å². The summed E-state index contributed by atoms with van der Waals surface area (Å²) in [5, 5.41) is 4.16. The van der Waals surface area contributed by atoms with Crippen LogP contribution >= 0.6 is 34.8 Å². The first-order chi connectivity index (χ1) is 11.8. The molecular weight excluding hydrogens is 383 g/mol. The number of rotatable bonds is 3. The molecule has 4 nitrogen and oxygen atoms in total. The molecular formula is C18H15Cl3N2O2. The molecule has 25 heavy (non-hydrogen) atoms. The van der Waals surface area contributed by atoms with Crippen molar-refractivity contribution >= 4 is 58.0 Å². The number of hydrogen-bond donors (Lipinski definition) is 1. The van der Waals surface area contributed by atoms with Crippen molar-refractivity contribution in [2.75, 3.05) is 16.8 Å². The molecule has 0 aromatic heterocycles. The number of amides is 2. The van der Waals surface area contributed by atoms with Crippen LogP contribution in [0.25, 0.3) is 0 Å². The molecule has 130 valence electrons. The molecule has 1 aliphatic heterocycles. The summed E-state index contributed by atoms with van der Waals surface area (Å²) in [5.41, 5.74) is 2.14. The third-order valence-electron chi connectivity index (χ3n) is 4.15. The van der Waals surface area contributed by atoms with Crippen molar-refractivity contribution in [3.63, 3.8) is 0 Å². The highest BCUT2D eigenvalue weighted by molar-refractivity contribution is 6.36. The van der Waals surface area contributed by atoms with Crippen LogP contribution in [0.15, 0.2) is 36.4 Å². The molecule has 3 rings (SSSR count). The molecule has 0 bridgehead atoms. The largest absolute Gasteiger partial charge is 0.324 e. The van der Waals surface area contributed by atoms with Crippen LogP contribution in [-0.2, 0) is 9.59 Å². The van der Waals surface area contributed by atoms with E-state index in [9.17, 15) is 9.59 Å². The Bertz CT molecular complexity index is 854. The molecule has 7 heteroatoms. The maximum absolute atomic E-state index is 12.5. The fraction of sp³-hybridized carbons (Fsp3) is 0.222. The highest BCUT2D eigenvalue weighted by atomic mass is 35.5. The second kappa shape index (κ2) is 7.24. The second-order valence-corrected chi connectivity index (χ2v) is 7.23. The minimum Gasteiger partial charge on any atom is -0.324 e. The zero-order valence-corrected chi connectivity index (χ0v) is 15.6. The standard InChI is InChI=1S/C18H15Cl3N2O2/c1-10-2-3-13(20)8-16(10)23-9-11(6-17(23)24)18(25)22-15-5-4-12(19)7-14(15)21/h2-5,7-8,11H,6,9H2,1H3,(H,22,25). The van der Waals surface area contributed by atoms with Gasteiger partial charge in [-0.15, -0.1) is 0 Å². The van der Waals surface area contributed by atoms with Crippen LogP contribution in [0.4, 0.5) is 11.4 Å². The Morgan fingerprint density at radius 2 is 1.80 bits per heavy atom. The number of benzene rings is 2. The van der Waals surface area contributed by atoms with E-state index in [1.807, 2.05) is 13.0 Å². The molecule has 1 heterocycles. The zero-order chi connectivity index (χ0) is 18.1. The molecule has 1 aliphatic rings. The summed E-state index contributed by atoms with van der Waals surface area (Å²) in [6.45, 7) is 2.21. The van der Waals surface area contributed by atoms with Gasteiger partial charge in [0.05, 0.1) is 16.6 Å². The van der Waals surface area contributed by atoms with Crippen molar-refractivity contribution < 1.29 is 9.59 Å². The first-order valence-electron chi connectivity index (χ1n) is 7.67. The molecule has 0 spiro atoms. The van der Waals surface area contributed by atoms with Crippen LogP contribution in [0.3, 0.4) is 0 Å². The Morgan fingerprint density at radius 1 is 1.12 bits per heavy atom. The van der Waals surface area contributed by atoms with Crippen molar-refractivity contribution in [3.05, 3.63) is 57.0 Å². The maximum atomic E-state index is 12.5. The average molecular weight is 398 g/mol. The van der Waals surface area contributed by atoms with Gasteiger partial charge in [0.2, 0.25) is 11.8 Å². The van der Waals surface area contributed by atoms with Gasteiger partial charge in [-0.25, -0.2) is 0 Å². The minimum absolute atomic E-state index is 0.104. The van der Waals surface area contributed by atoms with Gasteiger partial charge in [0.1, 0.15) is 0 Å². The Hall–Kier alpha value is -1.75. The summed E-state index contributed by atoms with van der Waals surface area (Å²) in [6, 6.07) is 10.2. The third-order valence-corrected chi connectivity index (χ3v) is 4.93. The molecule has 1 unspecified atom stereocenters. The summed E-state index contributed by atoms with van der Waals surface area (Å²) in [7, 11) is 0. The van der Waals surface area contributed by atoms with Crippen molar-refractivity contribution in [1.29, 1.82) is 0 Å². The molecule has 2 aromatic carbocycles. The van der Waals surface area contributed by atoms with E-state index in [-0.39, 0.29) is 18.2 Å². The Balaban J connectivity index is 1.75. The lowest BCUT2D eigenvalue weighted by Gasteiger charge is -2.19. The average Bonchev–Trinajstić information content (AvgIpc) is 2.94. The number of nitrogens with one attached hydrogen (secondary N) is 1. The quantitative estimate of drug-likeness (QED) is 0.797. The van der Waals surface area contributed by atoms with E-state index in [2.05, 4.69) is 5.32 Å². The fourth-order valence-corrected chi connectivity index (χ4v) is 3.44. The van der Waals surface area contributed by atoms with Crippen molar-refractivity contribution in [3.8, 4) is 0 Å². The highest BCUT2D eigenvalue weighted by Crippen LogP contribution is 2.31. The van der Waals surface area contributed by atoms with E-state index >= 15 is 0 Å². The number of anilines is 2. The van der Waals surface area contributed by atoms with Gasteiger partial charge in [-0.1, -0.05) is 40.9 Å². The summed E-state index contributed by atoms with van der Waals surface area (Å²) in [6.07, 6.45) is 0.142. The molecule has 1 fully saturated rings. The highest BCUT2D eigenvalue weighted by Gasteiger charge is 2.36. The fourth-order valence-electron chi connectivity index (χ4n) is 2.82. The molecule has 0 radical (unpaired) electrons. The van der Waals surface area contributed by atoms with Crippen molar-refractivity contribution in [1.82, 2.24) is 0 Å². The first kappa shape index (κ1) is 18.1. The number of hydrogen-bond acceptors (Lipinski definition) is 2. The van der Waals surface area contributed by atoms with E-state index in [0.717, 1.165) is 11.3 Å². The van der Waals surface area contributed by atoms with Crippen LogP contribution in [-0.4, -0.2) is 18.4 Å². The zero-order valence-electron chi connectivity index (χ0n) is 13.4. The molecule has 1 atom stereocenters. The maximum Gasteiger partial charge on any atom is 0.229 e. The van der Waals surface area contributed by atoms with E-state index in [4.69, 9.17) is 34.8 Å². The minimum atomic E-state index is -0.461. The van der Waals surface area contributed by atoms with Crippen molar-refractivity contribution in [2.45, 2.75) is 13.3 Å². The summed E-state index contributed by atoms with van der Waals surface area (Å²) < 4.78 is 0. The Kier molecular flexibility index (Phi) is 5.23. The normalized spacial score (nSPS) is 17.0. The number of carbonyl (C=O) groups is 2. The Morgan fingerprint density at radius 3 is 2.52 bits per heavy atom. The van der Waals surface area contributed by atoms with Gasteiger partial charge in [0.15, 0.2) is 0 Å². The Labute approximate surface area is 160 Å². The number of aryl methyl sites for hydroxylation is 1. The predicted octanol–water partition coefficient (Wildman–Crippen LogP) is 4.95. The van der Waals surface area contributed by atoms with Crippen molar-refractivity contribution in [2.24, 2.45) is 5.92 Å². The summed E-state index contributed by atoms with van der Waals surface area (Å²) in [4.78, 5) is 26.5. The van der Waals surface area contributed by atoms with Gasteiger partial charge < -0.3 is 10.2 Å². The lowest BCUT2D eigenvalue weighted by Crippen LogP contribution is -2.28.